The maximum absolute atomic E-state index is 12.2. The Morgan fingerprint density at radius 3 is 2.83 bits per heavy atom. The van der Waals surface area contributed by atoms with E-state index in [9.17, 15) is 9.59 Å². The molecule has 0 spiro atoms. The number of ether oxygens (including phenoxy) is 3. The van der Waals surface area contributed by atoms with Crippen molar-refractivity contribution in [2.75, 3.05) is 41.9 Å². The molecule has 1 N–H and O–H groups in total. The number of nitrogens with one attached hydrogen (secondary N) is 1. The van der Waals surface area contributed by atoms with Crippen LogP contribution in [0.15, 0.2) is 42.7 Å². The number of carbonyl (C=O) groups is 2. The zero-order valence-electron chi connectivity index (χ0n) is 20.0. The molecule has 184 valence electrons. The number of nitrogens with zero attached hydrogens (tertiary/aromatic N) is 4. The van der Waals surface area contributed by atoms with Crippen LogP contribution in [0, 0.1) is 0 Å². The van der Waals surface area contributed by atoms with Crippen molar-refractivity contribution in [3.8, 4) is 22.8 Å². The van der Waals surface area contributed by atoms with Crippen molar-refractivity contribution in [2.24, 2.45) is 0 Å². The molecule has 0 aliphatic carbocycles. The number of hydrogen-bond acceptors (Lipinski definition) is 8. The van der Waals surface area contributed by atoms with Crippen molar-refractivity contribution < 1.29 is 23.8 Å². The van der Waals surface area contributed by atoms with E-state index in [1.807, 2.05) is 42.3 Å². The second kappa shape index (κ2) is 8.71. The van der Waals surface area contributed by atoms with E-state index in [1.54, 1.807) is 12.3 Å². The summed E-state index contributed by atoms with van der Waals surface area (Å²) in [6, 6.07) is 9.64. The summed E-state index contributed by atoms with van der Waals surface area (Å²) in [6.07, 6.45) is 4.26. The molecule has 1 unspecified atom stereocenters. The number of aromatic nitrogens is 2. The molecule has 1 atom stereocenters. The van der Waals surface area contributed by atoms with Gasteiger partial charge in [-0.25, -0.2) is 14.8 Å². The molecule has 1 fully saturated rings. The van der Waals surface area contributed by atoms with Crippen LogP contribution < -0.4 is 24.6 Å². The third kappa shape index (κ3) is 3.74. The van der Waals surface area contributed by atoms with E-state index in [0.717, 1.165) is 41.1 Å². The first-order chi connectivity index (χ1) is 17.5. The molecule has 1 saturated heterocycles. The van der Waals surface area contributed by atoms with Crippen molar-refractivity contribution in [3.63, 3.8) is 0 Å². The maximum atomic E-state index is 12.2. The molecular formula is C26H25N5O5. The Bertz CT molecular complexity index is 1380. The van der Waals surface area contributed by atoms with Crippen LogP contribution in [0.3, 0.4) is 0 Å². The lowest BCUT2D eigenvalue weighted by atomic mass is 9.94. The molecule has 10 nitrogen and oxygen atoms in total. The predicted octanol–water partition coefficient (Wildman–Crippen LogP) is 4.43. The largest absolute Gasteiger partial charge is 0.485 e. The lowest BCUT2D eigenvalue weighted by molar-refractivity contribution is -0.117. The summed E-state index contributed by atoms with van der Waals surface area (Å²) >= 11 is 0. The summed E-state index contributed by atoms with van der Waals surface area (Å²) in [4.78, 5) is 36.6. The van der Waals surface area contributed by atoms with Crippen molar-refractivity contribution in [2.45, 2.75) is 25.9 Å². The summed E-state index contributed by atoms with van der Waals surface area (Å²) in [5.41, 5.74) is 4.99. The number of carbonyl (C=O) groups excluding carboxylic acids is 2. The molecule has 2 amide bonds. The Hall–Kier alpha value is -4.34. The molecule has 6 rings (SSSR count). The van der Waals surface area contributed by atoms with Crippen LogP contribution >= 0.6 is 0 Å². The van der Waals surface area contributed by atoms with Gasteiger partial charge in [0.15, 0.2) is 0 Å². The highest BCUT2D eigenvalue weighted by Gasteiger charge is 2.28. The average molecular weight is 488 g/mol. The summed E-state index contributed by atoms with van der Waals surface area (Å²) in [5, 5.41) is 3.27. The Morgan fingerprint density at radius 2 is 2.03 bits per heavy atom. The van der Waals surface area contributed by atoms with E-state index >= 15 is 0 Å². The van der Waals surface area contributed by atoms with E-state index in [0.29, 0.717) is 42.6 Å². The molecule has 3 aliphatic rings. The molecule has 10 heteroatoms. The first kappa shape index (κ1) is 22.1. The van der Waals surface area contributed by atoms with Crippen molar-refractivity contribution >= 4 is 34.9 Å². The quantitative estimate of drug-likeness (QED) is 0.578. The van der Waals surface area contributed by atoms with Gasteiger partial charge in [0.05, 0.1) is 25.5 Å². The number of anilines is 4. The maximum Gasteiger partial charge on any atom is 0.414 e. The van der Waals surface area contributed by atoms with E-state index < -0.39 is 6.09 Å². The van der Waals surface area contributed by atoms with Gasteiger partial charge in [0.2, 0.25) is 11.8 Å². The summed E-state index contributed by atoms with van der Waals surface area (Å²) in [6.45, 7) is 3.46. The van der Waals surface area contributed by atoms with E-state index in [4.69, 9.17) is 14.2 Å². The summed E-state index contributed by atoms with van der Waals surface area (Å²) < 4.78 is 16.7. The van der Waals surface area contributed by atoms with Crippen molar-refractivity contribution in [1.29, 1.82) is 0 Å². The number of rotatable bonds is 3. The summed E-state index contributed by atoms with van der Waals surface area (Å²) in [7, 11) is 1.35. The van der Waals surface area contributed by atoms with E-state index in [-0.39, 0.29) is 12.0 Å². The zero-order chi connectivity index (χ0) is 24.8. The van der Waals surface area contributed by atoms with Gasteiger partial charge in [-0.3, -0.25) is 9.69 Å². The smallest absolute Gasteiger partial charge is 0.414 e. The van der Waals surface area contributed by atoms with Gasteiger partial charge in [-0.2, -0.15) is 0 Å². The lowest BCUT2D eigenvalue weighted by Crippen LogP contribution is -2.38. The van der Waals surface area contributed by atoms with Crippen LogP contribution in [-0.2, 0) is 9.53 Å². The zero-order valence-corrected chi connectivity index (χ0v) is 20.0. The number of pyridine rings is 2. The van der Waals surface area contributed by atoms with Gasteiger partial charge < -0.3 is 24.4 Å². The van der Waals surface area contributed by atoms with Crippen LogP contribution in [0.25, 0.3) is 11.1 Å². The van der Waals surface area contributed by atoms with E-state index in [1.165, 1.54) is 12.0 Å². The molecule has 0 saturated carbocycles. The highest BCUT2D eigenvalue weighted by molar-refractivity contribution is 5.96. The third-order valence-corrected chi connectivity index (χ3v) is 6.66. The van der Waals surface area contributed by atoms with Crippen LogP contribution in [0.1, 0.15) is 31.4 Å². The number of benzene rings is 1. The highest BCUT2D eigenvalue weighted by Crippen LogP contribution is 2.44. The molecule has 2 aromatic heterocycles. The molecule has 36 heavy (non-hydrogen) atoms. The number of hydrogen-bond donors (Lipinski definition) is 1. The monoisotopic (exact) mass is 487 g/mol. The van der Waals surface area contributed by atoms with Crippen LogP contribution in [0.4, 0.5) is 27.7 Å². The van der Waals surface area contributed by atoms with E-state index in [2.05, 4.69) is 15.3 Å². The number of fused-ring (bicyclic) bond motifs is 4. The second-order valence-corrected chi connectivity index (χ2v) is 8.89. The fourth-order valence-corrected chi connectivity index (χ4v) is 4.89. The van der Waals surface area contributed by atoms with Gasteiger partial charge in [-0.1, -0.05) is 0 Å². The van der Waals surface area contributed by atoms with Crippen molar-refractivity contribution in [1.82, 2.24) is 9.97 Å². The fourth-order valence-electron chi connectivity index (χ4n) is 4.89. The Balaban J connectivity index is 1.28. The first-order valence-electron chi connectivity index (χ1n) is 11.9. The molecule has 3 aromatic rings. The number of methoxy groups -OCH3 is 1. The van der Waals surface area contributed by atoms with Crippen LogP contribution in [0.2, 0.25) is 0 Å². The van der Waals surface area contributed by atoms with Gasteiger partial charge in [0.1, 0.15) is 30.0 Å². The van der Waals surface area contributed by atoms with Gasteiger partial charge in [-0.15, -0.1) is 0 Å². The minimum Gasteiger partial charge on any atom is -0.485 e. The SMILES string of the molecule is COC(=O)N1CCOc2ncc(Nc3cc4c(cn3)-c3ccc(N5CCCC5=O)cc3OC4C)cc21. The molecule has 0 bridgehead atoms. The lowest BCUT2D eigenvalue weighted by Gasteiger charge is -2.28. The van der Waals surface area contributed by atoms with Gasteiger partial charge in [-0.05, 0) is 37.6 Å². The molecule has 0 radical (unpaired) electrons. The fraction of sp³-hybridized carbons (Fsp3) is 0.308. The minimum atomic E-state index is -0.465. The first-order valence-corrected chi connectivity index (χ1v) is 11.9. The topological polar surface area (TPSA) is 106 Å². The molecule has 3 aliphatic heterocycles. The Kier molecular flexibility index (Phi) is 5.36. The number of amides is 2. The summed E-state index contributed by atoms with van der Waals surface area (Å²) in [5.74, 6) is 1.89. The van der Waals surface area contributed by atoms with Crippen molar-refractivity contribution in [3.05, 3.63) is 48.3 Å². The Morgan fingerprint density at radius 1 is 1.14 bits per heavy atom. The highest BCUT2D eigenvalue weighted by atomic mass is 16.5. The normalized spacial score (nSPS) is 17.9. The van der Waals surface area contributed by atoms with Gasteiger partial charge in [0.25, 0.3) is 0 Å². The molecule has 5 heterocycles. The van der Waals surface area contributed by atoms with Gasteiger partial charge >= 0.3 is 6.09 Å². The second-order valence-electron chi connectivity index (χ2n) is 8.89. The predicted molar refractivity (Wildman–Crippen MR) is 133 cm³/mol. The third-order valence-electron chi connectivity index (χ3n) is 6.66. The van der Waals surface area contributed by atoms with Crippen LogP contribution in [-0.4, -0.2) is 48.8 Å². The average Bonchev–Trinajstić information content (AvgIpc) is 3.33. The molecule has 1 aromatic carbocycles. The minimum absolute atomic E-state index is 0.148. The van der Waals surface area contributed by atoms with Crippen LogP contribution in [0.5, 0.6) is 11.6 Å². The molecular weight excluding hydrogens is 462 g/mol. The standard InChI is InChI=1S/C26H25N5O5/c1-15-19-12-23(29-16-10-21-25(28-13-16)35-9-8-31(21)26(33)34-2)27-14-20(19)18-6-5-17(11-22(18)36-15)30-7-3-4-24(30)32/h5-6,10-15H,3-4,7-9H2,1-2H3,(H,27,29). The van der Waals surface area contributed by atoms with Gasteiger partial charge in [0, 0.05) is 47.6 Å². The Labute approximate surface area is 207 Å².